The number of carbonyl (C=O) groups is 2. The molecule has 1 aliphatic rings. The highest BCUT2D eigenvalue weighted by atomic mass is 16.4. The van der Waals surface area contributed by atoms with Gasteiger partial charge >= 0.3 is 12.0 Å². The summed E-state index contributed by atoms with van der Waals surface area (Å²) in [6, 6.07) is 9.67. The Morgan fingerprint density at radius 3 is 2.48 bits per heavy atom. The molecule has 114 valence electrons. The van der Waals surface area contributed by atoms with Gasteiger partial charge in [0, 0.05) is 6.54 Å². The van der Waals surface area contributed by atoms with E-state index in [0.29, 0.717) is 5.92 Å². The zero-order valence-corrected chi connectivity index (χ0v) is 12.0. The Balaban J connectivity index is 1.96. The van der Waals surface area contributed by atoms with Gasteiger partial charge in [-0.3, -0.25) is 4.79 Å². The molecule has 0 aliphatic heterocycles. The van der Waals surface area contributed by atoms with E-state index in [9.17, 15) is 9.59 Å². The maximum absolute atomic E-state index is 11.9. The fourth-order valence-electron chi connectivity index (χ4n) is 2.90. The van der Waals surface area contributed by atoms with E-state index in [4.69, 9.17) is 5.11 Å². The standard InChI is InChI=1S/C16H22N2O3/c19-14(20)10-11-17-16(21)18-15(13-8-4-5-9-13)12-6-2-1-3-7-12/h1-3,6-7,13,15H,4-5,8-11H2,(H,19,20)(H2,17,18,21). The molecule has 0 radical (unpaired) electrons. The lowest BCUT2D eigenvalue weighted by Crippen LogP contribution is -2.41. The van der Waals surface area contributed by atoms with E-state index >= 15 is 0 Å². The molecule has 3 N–H and O–H groups in total. The van der Waals surface area contributed by atoms with Crippen LogP contribution < -0.4 is 10.6 Å². The minimum absolute atomic E-state index is 0.00136. The lowest BCUT2D eigenvalue weighted by Gasteiger charge is -2.25. The molecule has 0 heterocycles. The van der Waals surface area contributed by atoms with Gasteiger partial charge in [-0.2, -0.15) is 0 Å². The molecule has 1 aromatic rings. The molecule has 0 bridgehead atoms. The summed E-state index contributed by atoms with van der Waals surface area (Å²) in [6.07, 6.45) is 4.59. The number of rotatable bonds is 6. The maximum Gasteiger partial charge on any atom is 0.315 e. The van der Waals surface area contributed by atoms with Gasteiger partial charge in [-0.15, -0.1) is 0 Å². The first-order valence-corrected chi connectivity index (χ1v) is 7.48. The number of nitrogens with one attached hydrogen (secondary N) is 2. The molecule has 1 atom stereocenters. The van der Waals surface area contributed by atoms with Crippen molar-refractivity contribution in [3.63, 3.8) is 0 Å². The van der Waals surface area contributed by atoms with Crippen molar-refractivity contribution in [1.29, 1.82) is 0 Å². The molecular formula is C16H22N2O3. The molecule has 1 saturated carbocycles. The van der Waals surface area contributed by atoms with E-state index in [2.05, 4.69) is 10.6 Å². The Bertz CT molecular complexity index is 470. The number of aliphatic carboxylic acids is 1. The van der Waals surface area contributed by atoms with E-state index in [1.165, 1.54) is 12.8 Å². The molecule has 0 spiro atoms. The van der Waals surface area contributed by atoms with Crippen molar-refractivity contribution in [2.45, 2.75) is 38.1 Å². The summed E-state index contributed by atoms with van der Waals surface area (Å²) in [6.45, 7) is 0.146. The van der Waals surface area contributed by atoms with Gasteiger partial charge in [-0.25, -0.2) is 4.79 Å². The van der Waals surface area contributed by atoms with Crippen molar-refractivity contribution in [2.75, 3.05) is 6.54 Å². The van der Waals surface area contributed by atoms with Crippen LogP contribution in [0.4, 0.5) is 4.79 Å². The quantitative estimate of drug-likeness (QED) is 0.753. The van der Waals surface area contributed by atoms with E-state index in [1.807, 2.05) is 30.3 Å². The predicted molar refractivity (Wildman–Crippen MR) is 79.9 cm³/mol. The minimum atomic E-state index is -0.911. The van der Waals surface area contributed by atoms with Gasteiger partial charge in [0.1, 0.15) is 0 Å². The Morgan fingerprint density at radius 1 is 1.19 bits per heavy atom. The normalized spacial score (nSPS) is 16.4. The maximum atomic E-state index is 11.9. The minimum Gasteiger partial charge on any atom is -0.481 e. The molecule has 5 heteroatoms. The SMILES string of the molecule is O=C(O)CCNC(=O)NC(c1ccccc1)C1CCCC1. The molecule has 1 fully saturated rings. The second kappa shape index (κ2) is 7.67. The van der Waals surface area contributed by atoms with Crippen LogP contribution in [0.3, 0.4) is 0 Å². The van der Waals surface area contributed by atoms with Crippen molar-refractivity contribution in [3.05, 3.63) is 35.9 Å². The van der Waals surface area contributed by atoms with Crippen molar-refractivity contribution < 1.29 is 14.7 Å². The zero-order valence-electron chi connectivity index (χ0n) is 12.0. The number of urea groups is 1. The highest BCUT2D eigenvalue weighted by molar-refractivity contribution is 5.75. The third-order valence-corrected chi connectivity index (χ3v) is 3.94. The Kier molecular flexibility index (Phi) is 5.60. The van der Waals surface area contributed by atoms with Gasteiger partial charge < -0.3 is 15.7 Å². The van der Waals surface area contributed by atoms with Gasteiger partial charge in [-0.1, -0.05) is 43.2 Å². The number of carboxylic acid groups (broad SMARTS) is 1. The molecular weight excluding hydrogens is 268 g/mol. The van der Waals surface area contributed by atoms with Crippen molar-refractivity contribution in [2.24, 2.45) is 5.92 Å². The molecule has 1 unspecified atom stereocenters. The highest BCUT2D eigenvalue weighted by Gasteiger charge is 2.27. The molecule has 21 heavy (non-hydrogen) atoms. The van der Waals surface area contributed by atoms with Crippen molar-refractivity contribution in [1.82, 2.24) is 10.6 Å². The lowest BCUT2D eigenvalue weighted by atomic mass is 9.92. The van der Waals surface area contributed by atoms with Crippen LogP contribution in [0.5, 0.6) is 0 Å². The lowest BCUT2D eigenvalue weighted by molar-refractivity contribution is -0.136. The van der Waals surface area contributed by atoms with Crippen LogP contribution in [-0.2, 0) is 4.79 Å². The molecule has 1 aromatic carbocycles. The Labute approximate surface area is 124 Å². The first-order chi connectivity index (χ1) is 10.2. The zero-order chi connectivity index (χ0) is 15.1. The van der Waals surface area contributed by atoms with Crippen LogP contribution in [0.25, 0.3) is 0 Å². The molecule has 2 rings (SSSR count). The number of benzene rings is 1. The third-order valence-electron chi connectivity index (χ3n) is 3.94. The van der Waals surface area contributed by atoms with Crippen LogP contribution in [0.15, 0.2) is 30.3 Å². The van der Waals surface area contributed by atoms with E-state index in [0.717, 1.165) is 18.4 Å². The molecule has 0 aromatic heterocycles. The number of hydrogen-bond donors (Lipinski definition) is 3. The summed E-state index contributed by atoms with van der Waals surface area (Å²) in [5, 5.41) is 14.2. The van der Waals surface area contributed by atoms with Gasteiger partial charge in [0.2, 0.25) is 0 Å². The molecule has 0 saturated heterocycles. The Hall–Kier alpha value is -2.04. The van der Waals surface area contributed by atoms with E-state index in [-0.39, 0.29) is 25.0 Å². The summed E-state index contributed by atoms with van der Waals surface area (Å²) in [5.41, 5.74) is 1.11. The van der Waals surface area contributed by atoms with Crippen molar-refractivity contribution >= 4 is 12.0 Å². The number of amides is 2. The summed E-state index contributed by atoms with van der Waals surface area (Å²) >= 11 is 0. The van der Waals surface area contributed by atoms with Gasteiger partial charge in [-0.05, 0) is 24.3 Å². The topological polar surface area (TPSA) is 78.4 Å². The monoisotopic (exact) mass is 290 g/mol. The smallest absolute Gasteiger partial charge is 0.315 e. The first kappa shape index (κ1) is 15.4. The van der Waals surface area contributed by atoms with E-state index < -0.39 is 5.97 Å². The van der Waals surface area contributed by atoms with Crippen LogP contribution in [-0.4, -0.2) is 23.7 Å². The number of carbonyl (C=O) groups excluding carboxylic acids is 1. The van der Waals surface area contributed by atoms with E-state index in [1.54, 1.807) is 0 Å². The van der Waals surface area contributed by atoms with Crippen molar-refractivity contribution in [3.8, 4) is 0 Å². The number of carboxylic acids is 1. The first-order valence-electron chi connectivity index (χ1n) is 7.48. The van der Waals surface area contributed by atoms with Crippen LogP contribution >= 0.6 is 0 Å². The molecule has 5 nitrogen and oxygen atoms in total. The van der Waals surface area contributed by atoms with Gasteiger partial charge in [0.05, 0.1) is 12.5 Å². The average Bonchev–Trinajstić information content (AvgIpc) is 2.99. The summed E-state index contributed by atoms with van der Waals surface area (Å²) in [4.78, 5) is 22.4. The second-order valence-electron chi connectivity index (χ2n) is 5.48. The summed E-state index contributed by atoms with van der Waals surface area (Å²) in [7, 11) is 0. The summed E-state index contributed by atoms with van der Waals surface area (Å²) < 4.78 is 0. The molecule has 1 aliphatic carbocycles. The third kappa shape index (κ3) is 4.77. The number of hydrogen-bond acceptors (Lipinski definition) is 2. The van der Waals surface area contributed by atoms with Crippen LogP contribution in [0.2, 0.25) is 0 Å². The average molecular weight is 290 g/mol. The predicted octanol–water partition coefficient (Wildman–Crippen LogP) is 2.69. The summed E-state index contributed by atoms with van der Waals surface area (Å²) in [5.74, 6) is -0.455. The second-order valence-corrected chi connectivity index (χ2v) is 5.48. The fourth-order valence-corrected chi connectivity index (χ4v) is 2.90. The van der Waals surface area contributed by atoms with Crippen LogP contribution in [0, 0.1) is 5.92 Å². The van der Waals surface area contributed by atoms with Gasteiger partial charge in [0.25, 0.3) is 0 Å². The largest absolute Gasteiger partial charge is 0.481 e. The molecule has 2 amide bonds. The Morgan fingerprint density at radius 2 is 1.86 bits per heavy atom. The van der Waals surface area contributed by atoms with Gasteiger partial charge in [0.15, 0.2) is 0 Å². The fraction of sp³-hybridized carbons (Fsp3) is 0.500. The van der Waals surface area contributed by atoms with Crippen LogP contribution in [0.1, 0.15) is 43.7 Å². The highest BCUT2D eigenvalue weighted by Crippen LogP contribution is 2.35.